The molecule has 0 aliphatic carbocycles. The predicted octanol–water partition coefficient (Wildman–Crippen LogP) is 1.97. The maximum Gasteiger partial charge on any atom is 0.182 e. The van der Waals surface area contributed by atoms with Gasteiger partial charge in [-0.2, -0.15) is 5.26 Å². The SMILES string of the molecule is CCCCOCCCNc1nccnc1C#N. The third-order valence-electron chi connectivity index (χ3n) is 2.20. The smallest absolute Gasteiger partial charge is 0.182 e. The molecule has 92 valence electrons. The highest BCUT2D eigenvalue weighted by molar-refractivity contribution is 5.46. The number of unbranched alkanes of at least 4 members (excludes halogenated alkanes) is 1. The molecule has 0 aliphatic rings. The van der Waals surface area contributed by atoms with Gasteiger partial charge >= 0.3 is 0 Å². The molecule has 0 spiro atoms. The number of aromatic nitrogens is 2. The molecule has 0 radical (unpaired) electrons. The second-order valence-corrected chi connectivity index (χ2v) is 3.61. The average Bonchev–Trinajstić information content (AvgIpc) is 2.38. The molecule has 0 unspecified atom stereocenters. The highest BCUT2D eigenvalue weighted by Crippen LogP contribution is 2.05. The number of ether oxygens (including phenoxy) is 1. The van der Waals surface area contributed by atoms with Gasteiger partial charge in [-0.25, -0.2) is 9.97 Å². The van der Waals surface area contributed by atoms with Crippen molar-refractivity contribution in [1.29, 1.82) is 5.26 Å². The molecular weight excluding hydrogens is 216 g/mol. The molecule has 17 heavy (non-hydrogen) atoms. The lowest BCUT2D eigenvalue weighted by Gasteiger charge is -2.06. The average molecular weight is 234 g/mol. The summed E-state index contributed by atoms with van der Waals surface area (Å²) in [7, 11) is 0. The molecule has 1 N–H and O–H groups in total. The molecule has 0 bridgehead atoms. The number of hydrogen-bond donors (Lipinski definition) is 1. The summed E-state index contributed by atoms with van der Waals surface area (Å²) >= 11 is 0. The van der Waals surface area contributed by atoms with Crippen LogP contribution < -0.4 is 5.32 Å². The highest BCUT2D eigenvalue weighted by atomic mass is 16.5. The molecule has 0 amide bonds. The van der Waals surface area contributed by atoms with Crippen LogP contribution in [-0.4, -0.2) is 29.7 Å². The molecule has 1 aromatic rings. The third-order valence-corrected chi connectivity index (χ3v) is 2.20. The summed E-state index contributed by atoms with van der Waals surface area (Å²) in [6.45, 7) is 4.43. The van der Waals surface area contributed by atoms with E-state index in [1.165, 1.54) is 6.20 Å². The Bertz CT molecular complexity index is 362. The fourth-order valence-electron chi connectivity index (χ4n) is 1.28. The Morgan fingerprint density at radius 3 is 2.82 bits per heavy atom. The number of hydrogen-bond acceptors (Lipinski definition) is 5. The maximum atomic E-state index is 8.80. The summed E-state index contributed by atoms with van der Waals surface area (Å²) < 4.78 is 5.43. The molecule has 5 nitrogen and oxygen atoms in total. The van der Waals surface area contributed by atoms with Crippen LogP contribution in [0.1, 0.15) is 31.9 Å². The monoisotopic (exact) mass is 234 g/mol. The van der Waals surface area contributed by atoms with Crippen LogP contribution in [0.2, 0.25) is 0 Å². The normalized spacial score (nSPS) is 9.88. The van der Waals surface area contributed by atoms with Crippen molar-refractivity contribution in [3.8, 4) is 6.07 Å². The Balaban J connectivity index is 2.16. The van der Waals surface area contributed by atoms with Gasteiger partial charge in [0.2, 0.25) is 0 Å². The van der Waals surface area contributed by atoms with Gasteiger partial charge in [0.1, 0.15) is 6.07 Å². The van der Waals surface area contributed by atoms with Gasteiger partial charge in [0, 0.05) is 32.2 Å². The first-order valence-electron chi connectivity index (χ1n) is 5.91. The van der Waals surface area contributed by atoms with Crippen molar-refractivity contribution in [3.63, 3.8) is 0 Å². The van der Waals surface area contributed by atoms with Gasteiger partial charge in [-0.1, -0.05) is 13.3 Å². The van der Waals surface area contributed by atoms with Crippen molar-refractivity contribution in [2.75, 3.05) is 25.1 Å². The highest BCUT2D eigenvalue weighted by Gasteiger charge is 2.01. The molecule has 0 saturated heterocycles. The van der Waals surface area contributed by atoms with E-state index >= 15 is 0 Å². The number of rotatable bonds is 8. The van der Waals surface area contributed by atoms with Crippen molar-refractivity contribution >= 4 is 5.82 Å². The Morgan fingerprint density at radius 2 is 2.06 bits per heavy atom. The van der Waals surface area contributed by atoms with Crippen LogP contribution in [0.15, 0.2) is 12.4 Å². The van der Waals surface area contributed by atoms with Crippen molar-refractivity contribution in [1.82, 2.24) is 9.97 Å². The molecule has 1 rings (SSSR count). The molecule has 1 heterocycles. The minimum Gasteiger partial charge on any atom is -0.381 e. The Labute approximate surface area is 102 Å². The van der Waals surface area contributed by atoms with Crippen LogP contribution >= 0.6 is 0 Å². The van der Waals surface area contributed by atoms with E-state index in [1.807, 2.05) is 6.07 Å². The van der Waals surface area contributed by atoms with E-state index in [0.29, 0.717) is 11.5 Å². The third kappa shape index (κ3) is 5.27. The lowest BCUT2D eigenvalue weighted by atomic mass is 10.3. The van der Waals surface area contributed by atoms with Crippen LogP contribution in [0.4, 0.5) is 5.82 Å². The summed E-state index contributed by atoms with van der Waals surface area (Å²) in [4.78, 5) is 7.98. The van der Waals surface area contributed by atoms with Gasteiger partial charge < -0.3 is 10.1 Å². The Morgan fingerprint density at radius 1 is 1.29 bits per heavy atom. The predicted molar refractivity (Wildman–Crippen MR) is 65.6 cm³/mol. The topological polar surface area (TPSA) is 70.8 Å². The molecule has 5 heteroatoms. The van der Waals surface area contributed by atoms with Gasteiger partial charge in [-0.15, -0.1) is 0 Å². The van der Waals surface area contributed by atoms with Crippen LogP contribution in [0, 0.1) is 11.3 Å². The summed E-state index contributed by atoms with van der Waals surface area (Å²) in [5, 5.41) is 11.9. The standard InChI is InChI=1S/C12H18N4O/c1-2-3-8-17-9-4-5-15-12-11(10-13)14-6-7-16-12/h6-7H,2-5,8-9H2,1H3,(H,15,16). The van der Waals surface area contributed by atoms with E-state index in [1.54, 1.807) is 6.20 Å². The molecule has 0 aliphatic heterocycles. The number of anilines is 1. The van der Waals surface area contributed by atoms with E-state index in [2.05, 4.69) is 22.2 Å². The molecule has 0 atom stereocenters. The van der Waals surface area contributed by atoms with Gasteiger partial charge in [0.05, 0.1) is 0 Å². The van der Waals surface area contributed by atoms with E-state index in [9.17, 15) is 0 Å². The van der Waals surface area contributed by atoms with Crippen LogP contribution in [0.3, 0.4) is 0 Å². The fraction of sp³-hybridized carbons (Fsp3) is 0.583. The minimum absolute atomic E-state index is 0.333. The maximum absolute atomic E-state index is 8.80. The van der Waals surface area contributed by atoms with Crippen LogP contribution in [0.5, 0.6) is 0 Å². The van der Waals surface area contributed by atoms with Crippen molar-refractivity contribution < 1.29 is 4.74 Å². The van der Waals surface area contributed by atoms with Crippen molar-refractivity contribution in [3.05, 3.63) is 18.1 Å². The lowest BCUT2D eigenvalue weighted by molar-refractivity contribution is 0.131. The first kappa shape index (κ1) is 13.4. The van der Waals surface area contributed by atoms with Gasteiger partial charge in [0.15, 0.2) is 11.5 Å². The lowest BCUT2D eigenvalue weighted by Crippen LogP contribution is -2.09. The van der Waals surface area contributed by atoms with Gasteiger partial charge in [-0.3, -0.25) is 0 Å². The number of nitriles is 1. The van der Waals surface area contributed by atoms with Gasteiger partial charge in [-0.05, 0) is 12.8 Å². The van der Waals surface area contributed by atoms with E-state index in [-0.39, 0.29) is 0 Å². The summed E-state index contributed by atoms with van der Waals surface area (Å²) in [5.74, 6) is 0.545. The minimum atomic E-state index is 0.333. The fourth-order valence-corrected chi connectivity index (χ4v) is 1.28. The number of nitrogens with one attached hydrogen (secondary N) is 1. The van der Waals surface area contributed by atoms with Crippen LogP contribution in [-0.2, 0) is 4.74 Å². The first-order valence-corrected chi connectivity index (χ1v) is 5.91. The summed E-state index contributed by atoms with van der Waals surface area (Å²) in [6, 6.07) is 2.00. The van der Waals surface area contributed by atoms with E-state index in [4.69, 9.17) is 10.00 Å². The van der Waals surface area contributed by atoms with Gasteiger partial charge in [0.25, 0.3) is 0 Å². The largest absolute Gasteiger partial charge is 0.381 e. The zero-order chi connectivity index (χ0) is 12.3. The number of nitrogens with zero attached hydrogens (tertiary/aromatic N) is 3. The molecule has 0 fully saturated rings. The zero-order valence-electron chi connectivity index (χ0n) is 10.1. The molecule has 0 aromatic carbocycles. The summed E-state index contributed by atoms with van der Waals surface area (Å²) in [5.41, 5.74) is 0.333. The van der Waals surface area contributed by atoms with Crippen molar-refractivity contribution in [2.45, 2.75) is 26.2 Å². The van der Waals surface area contributed by atoms with Crippen LogP contribution in [0.25, 0.3) is 0 Å². The zero-order valence-corrected chi connectivity index (χ0v) is 10.1. The Hall–Kier alpha value is -1.67. The first-order chi connectivity index (χ1) is 8.38. The summed E-state index contributed by atoms with van der Waals surface area (Å²) in [6.07, 6.45) is 6.24. The molecule has 0 saturated carbocycles. The van der Waals surface area contributed by atoms with Crippen molar-refractivity contribution in [2.24, 2.45) is 0 Å². The van der Waals surface area contributed by atoms with E-state index < -0.39 is 0 Å². The second kappa shape index (κ2) is 8.48. The quantitative estimate of drug-likeness (QED) is 0.696. The molecule has 1 aromatic heterocycles. The second-order valence-electron chi connectivity index (χ2n) is 3.61. The Kier molecular flexibility index (Phi) is 6.68. The van der Waals surface area contributed by atoms with E-state index in [0.717, 1.165) is 39.0 Å². The molecular formula is C12H18N4O.